The monoisotopic (exact) mass is 370 g/mol. The molecule has 146 valence electrons. The van der Waals surface area contributed by atoms with Gasteiger partial charge >= 0.3 is 6.18 Å². The molecule has 0 bridgehead atoms. The van der Waals surface area contributed by atoms with E-state index in [0.29, 0.717) is 12.1 Å². The average Bonchev–Trinajstić information content (AvgIpc) is 2.63. The first-order chi connectivity index (χ1) is 12.1. The number of hydrogen-bond donors (Lipinski definition) is 0. The van der Waals surface area contributed by atoms with Gasteiger partial charge in [-0.25, -0.2) is 10.0 Å². The highest BCUT2D eigenvalue weighted by atomic mass is 19.4. The lowest BCUT2D eigenvalue weighted by Crippen LogP contribution is -2.48. The maximum atomic E-state index is 13.1. The molecule has 26 heavy (non-hydrogen) atoms. The van der Waals surface area contributed by atoms with Crippen LogP contribution in [0.3, 0.4) is 0 Å². The summed E-state index contributed by atoms with van der Waals surface area (Å²) < 4.78 is 39.2. The first-order valence-electron chi connectivity index (χ1n) is 9.09. The summed E-state index contributed by atoms with van der Waals surface area (Å²) in [6, 6.07) is 5.68. The highest BCUT2D eigenvalue weighted by molar-refractivity contribution is 5.82. The van der Waals surface area contributed by atoms with E-state index in [1.54, 1.807) is 6.07 Å². The quantitative estimate of drug-likeness (QED) is 0.787. The topological polar surface area (TPSA) is 22.1 Å². The fraction of sp³-hybridized carbons (Fsp3) is 0.632. The van der Waals surface area contributed by atoms with Crippen LogP contribution in [0.4, 0.5) is 13.2 Å². The third-order valence-corrected chi connectivity index (χ3v) is 5.04. The van der Waals surface area contributed by atoms with Crippen LogP contribution in [-0.4, -0.2) is 53.5 Å². The molecular formula is C19H29F3N4. The van der Waals surface area contributed by atoms with Crippen LogP contribution in [0.1, 0.15) is 51.3 Å². The second kappa shape index (κ2) is 8.39. The van der Waals surface area contributed by atoms with Gasteiger partial charge in [-0.2, -0.15) is 18.3 Å². The van der Waals surface area contributed by atoms with E-state index in [9.17, 15) is 13.2 Å². The largest absolute Gasteiger partial charge is 0.416 e. The van der Waals surface area contributed by atoms with Crippen molar-refractivity contribution in [3.05, 3.63) is 35.4 Å². The highest BCUT2D eigenvalue weighted by Gasteiger charge is 2.32. The maximum absolute atomic E-state index is 13.1. The average molecular weight is 370 g/mol. The standard InChI is InChI=1S/C19H29F3N4/c1-6-25-10-11-26(24(5)15(3)12-14(2)23-25)16(4)17-8-7-9-18(13-17)19(20,21)22/h7-9,13,15-16H,6,10-12H2,1-5H3/b23-14+/t15-,16-/m1/s1. The Hall–Kier alpha value is -1.60. The predicted octanol–water partition coefficient (Wildman–Crippen LogP) is 4.41. The SMILES string of the molecule is CCN1CCN([C@H](C)c2cccc(C(F)(F)F)c2)N(C)[C@H](C)C/C(C)=N/1. The van der Waals surface area contributed by atoms with Gasteiger partial charge < -0.3 is 0 Å². The van der Waals surface area contributed by atoms with Gasteiger partial charge in [0.2, 0.25) is 0 Å². The molecule has 7 heteroatoms. The van der Waals surface area contributed by atoms with Gasteiger partial charge in [-0.3, -0.25) is 5.01 Å². The van der Waals surface area contributed by atoms with E-state index >= 15 is 0 Å². The number of benzene rings is 1. The molecule has 0 aromatic heterocycles. The number of hydrazine groups is 1. The van der Waals surface area contributed by atoms with Crippen LogP contribution >= 0.6 is 0 Å². The van der Waals surface area contributed by atoms with E-state index in [2.05, 4.69) is 29.0 Å². The summed E-state index contributed by atoms with van der Waals surface area (Å²) in [5, 5.41) is 11.0. The molecule has 0 fully saturated rings. The van der Waals surface area contributed by atoms with Crippen molar-refractivity contribution in [3.8, 4) is 0 Å². The molecule has 1 aliphatic rings. The number of nitrogens with zero attached hydrogens (tertiary/aromatic N) is 4. The van der Waals surface area contributed by atoms with Crippen molar-refractivity contribution in [2.24, 2.45) is 5.10 Å². The number of rotatable bonds is 3. The Balaban J connectivity index is 2.29. The highest BCUT2D eigenvalue weighted by Crippen LogP contribution is 2.32. The van der Waals surface area contributed by atoms with E-state index in [4.69, 9.17) is 0 Å². The van der Waals surface area contributed by atoms with Gasteiger partial charge in [-0.15, -0.1) is 0 Å². The summed E-state index contributed by atoms with van der Waals surface area (Å²) in [7, 11) is 2.00. The van der Waals surface area contributed by atoms with Crippen molar-refractivity contribution in [3.63, 3.8) is 0 Å². The van der Waals surface area contributed by atoms with Crippen molar-refractivity contribution in [1.29, 1.82) is 0 Å². The molecule has 1 heterocycles. The van der Waals surface area contributed by atoms with Crippen molar-refractivity contribution in [1.82, 2.24) is 15.0 Å². The summed E-state index contributed by atoms with van der Waals surface area (Å²) in [5.74, 6) is 0. The number of halogens is 3. The lowest BCUT2D eigenvalue weighted by molar-refractivity contribution is -0.137. The van der Waals surface area contributed by atoms with E-state index < -0.39 is 11.7 Å². The first-order valence-corrected chi connectivity index (χ1v) is 9.09. The molecule has 0 saturated carbocycles. The van der Waals surface area contributed by atoms with Gasteiger partial charge in [0.1, 0.15) is 0 Å². The minimum absolute atomic E-state index is 0.165. The van der Waals surface area contributed by atoms with Crippen molar-refractivity contribution in [2.45, 2.75) is 52.4 Å². The molecule has 0 amide bonds. The molecule has 0 radical (unpaired) electrons. The summed E-state index contributed by atoms with van der Waals surface area (Å²) in [4.78, 5) is 0. The number of likely N-dealkylation sites (N-methyl/N-ethyl adjacent to an activating group) is 1. The zero-order chi connectivity index (χ0) is 19.5. The van der Waals surface area contributed by atoms with Crippen molar-refractivity contribution in [2.75, 3.05) is 26.7 Å². The summed E-state index contributed by atoms with van der Waals surface area (Å²) >= 11 is 0. The third-order valence-electron chi connectivity index (χ3n) is 5.04. The fourth-order valence-electron chi connectivity index (χ4n) is 3.36. The number of hydrazone groups is 1. The van der Waals surface area contributed by atoms with Crippen LogP contribution in [-0.2, 0) is 6.18 Å². The minimum atomic E-state index is -4.33. The zero-order valence-electron chi connectivity index (χ0n) is 16.2. The Labute approximate surface area is 154 Å². The van der Waals surface area contributed by atoms with Crippen LogP contribution in [0, 0.1) is 0 Å². The lowest BCUT2D eigenvalue weighted by Gasteiger charge is -2.40. The number of hydrogen-bond acceptors (Lipinski definition) is 4. The van der Waals surface area contributed by atoms with Gasteiger partial charge in [-0.05, 0) is 45.4 Å². The Morgan fingerprint density at radius 3 is 2.58 bits per heavy atom. The van der Waals surface area contributed by atoms with Crippen LogP contribution in [0.25, 0.3) is 0 Å². The maximum Gasteiger partial charge on any atom is 0.416 e. The normalized spacial score (nSPS) is 24.4. The molecule has 2 atom stereocenters. The van der Waals surface area contributed by atoms with E-state index in [1.165, 1.54) is 12.1 Å². The first kappa shape index (κ1) is 20.7. The Morgan fingerprint density at radius 2 is 1.96 bits per heavy atom. The molecule has 1 aliphatic heterocycles. The third kappa shape index (κ3) is 4.98. The zero-order valence-corrected chi connectivity index (χ0v) is 16.2. The van der Waals surface area contributed by atoms with Crippen LogP contribution in [0.2, 0.25) is 0 Å². The fourth-order valence-corrected chi connectivity index (χ4v) is 3.36. The second-order valence-corrected chi connectivity index (χ2v) is 6.97. The number of alkyl halides is 3. The van der Waals surface area contributed by atoms with Gasteiger partial charge in [0.05, 0.1) is 12.1 Å². The van der Waals surface area contributed by atoms with Gasteiger partial charge in [-0.1, -0.05) is 12.1 Å². The molecule has 0 saturated heterocycles. The molecular weight excluding hydrogens is 341 g/mol. The summed E-state index contributed by atoms with van der Waals surface area (Å²) in [6.45, 7) is 10.4. The molecule has 2 rings (SSSR count). The van der Waals surface area contributed by atoms with Gasteiger partial charge in [0.25, 0.3) is 0 Å². The lowest BCUT2D eigenvalue weighted by atomic mass is 10.0. The Bertz CT molecular complexity index is 629. The molecule has 0 aliphatic carbocycles. The molecule has 4 nitrogen and oxygen atoms in total. The molecule has 0 N–H and O–H groups in total. The predicted molar refractivity (Wildman–Crippen MR) is 98.8 cm³/mol. The Kier molecular flexibility index (Phi) is 6.69. The van der Waals surface area contributed by atoms with E-state index in [1.807, 2.05) is 25.9 Å². The molecule has 1 aromatic carbocycles. The smallest absolute Gasteiger partial charge is 0.296 e. The van der Waals surface area contributed by atoms with Crippen LogP contribution in [0.5, 0.6) is 0 Å². The molecule has 1 aromatic rings. The molecule has 0 unspecified atom stereocenters. The van der Waals surface area contributed by atoms with Gasteiger partial charge in [0, 0.05) is 44.4 Å². The van der Waals surface area contributed by atoms with Gasteiger partial charge in [0.15, 0.2) is 0 Å². The van der Waals surface area contributed by atoms with Crippen molar-refractivity contribution >= 4 is 5.71 Å². The summed E-state index contributed by atoms with van der Waals surface area (Å²) in [5.41, 5.74) is 1.13. The van der Waals surface area contributed by atoms with E-state index in [0.717, 1.165) is 31.3 Å². The molecule has 0 spiro atoms. The van der Waals surface area contributed by atoms with Crippen molar-refractivity contribution < 1.29 is 13.2 Å². The second-order valence-electron chi connectivity index (χ2n) is 6.97. The Morgan fingerprint density at radius 1 is 1.27 bits per heavy atom. The summed E-state index contributed by atoms with van der Waals surface area (Å²) in [6.07, 6.45) is -3.51. The van der Waals surface area contributed by atoms with Crippen LogP contribution in [0.15, 0.2) is 29.4 Å². The van der Waals surface area contributed by atoms with E-state index in [-0.39, 0.29) is 12.1 Å². The minimum Gasteiger partial charge on any atom is -0.296 e. The van der Waals surface area contributed by atoms with Crippen LogP contribution < -0.4 is 0 Å².